The van der Waals surface area contributed by atoms with Crippen molar-refractivity contribution in [1.29, 1.82) is 0 Å². The average Bonchev–Trinajstić information content (AvgIpc) is 3.37. The van der Waals surface area contributed by atoms with E-state index in [-0.39, 0.29) is 5.91 Å². The molecule has 1 saturated heterocycles. The van der Waals surface area contributed by atoms with Crippen LogP contribution in [0.15, 0.2) is 60.9 Å². The lowest BCUT2D eigenvalue weighted by Gasteiger charge is -2.31. The monoisotopic (exact) mass is 542 g/mol. The number of ether oxygens (including phenoxy) is 2. The third-order valence-electron chi connectivity index (χ3n) is 6.43. The van der Waals surface area contributed by atoms with Gasteiger partial charge in [0.25, 0.3) is 0 Å². The van der Waals surface area contributed by atoms with Crippen molar-refractivity contribution in [3.8, 4) is 22.8 Å². The third kappa shape index (κ3) is 6.22. The molecular formula is C29H34N8O3. The molecule has 5 rings (SSSR count). The Kier molecular flexibility index (Phi) is 8.23. The van der Waals surface area contributed by atoms with Crippen LogP contribution in [0.3, 0.4) is 0 Å². The molecule has 1 amide bonds. The highest BCUT2D eigenvalue weighted by Crippen LogP contribution is 2.38. The Morgan fingerprint density at radius 2 is 1.88 bits per heavy atom. The number of anilines is 4. The Bertz CT molecular complexity index is 1470. The van der Waals surface area contributed by atoms with Crippen LogP contribution in [0.1, 0.15) is 12.5 Å². The van der Waals surface area contributed by atoms with Crippen molar-refractivity contribution >= 4 is 28.9 Å². The van der Waals surface area contributed by atoms with Crippen LogP contribution in [0.2, 0.25) is 0 Å². The second-order valence-electron chi connectivity index (χ2n) is 9.77. The molecule has 40 heavy (non-hydrogen) atoms. The zero-order valence-corrected chi connectivity index (χ0v) is 23.2. The lowest BCUT2D eigenvalue weighted by atomic mass is 10.1. The molecule has 0 saturated carbocycles. The van der Waals surface area contributed by atoms with E-state index in [1.165, 1.54) is 6.92 Å². The maximum atomic E-state index is 12.0. The second-order valence-corrected chi connectivity index (χ2v) is 9.77. The summed E-state index contributed by atoms with van der Waals surface area (Å²) in [5.74, 6) is 1.42. The number of rotatable bonds is 9. The number of hydrogen-bond acceptors (Lipinski definition) is 9. The molecule has 1 fully saturated rings. The summed E-state index contributed by atoms with van der Waals surface area (Å²) >= 11 is 0. The summed E-state index contributed by atoms with van der Waals surface area (Å²) < 4.78 is 13.0. The maximum absolute atomic E-state index is 12.0. The number of amides is 1. The van der Waals surface area contributed by atoms with Gasteiger partial charge in [-0.05, 0) is 20.2 Å². The van der Waals surface area contributed by atoms with E-state index in [4.69, 9.17) is 19.6 Å². The maximum Gasteiger partial charge on any atom is 0.229 e. The van der Waals surface area contributed by atoms with E-state index in [1.54, 1.807) is 18.0 Å². The van der Waals surface area contributed by atoms with Crippen molar-refractivity contribution < 1.29 is 14.3 Å². The molecule has 11 nitrogen and oxygen atoms in total. The Morgan fingerprint density at radius 3 is 2.58 bits per heavy atom. The predicted molar refractivity (Wildman–Crippen MR) is 156 cm³/mol. The van der Waals surface area contributed by atoms with E-state index in [9.17, 15) is 4.79 Å². The minimum atomic E-state index is -0.162. The molecule has 0 unspecified atom stereocenters. The number of morpholine rings is 1. The van der Waals surface area contributed by atoms with Crippen LogP contribution in [0.4, 0.5) is 23.0 Å². The molecule has 0 spiro atoms. The Labute approximate surface area is 233 Å². The fraction of sp³-hybridized carbons (Fsp3) is 0.310. The second kappa shape index (κ2) is 12.1. The molecule has 11 heteroatoms. The molecule has 1 aliphatic rings. The minimum absolute atomic E-state index is 0.162. The number of carbonyl (C=O) groups is 1. The summed E-state index contributed by atoms with van der Waals surface area (Å²) in [6.45, 7) is 4.91. The predicted octanol–water partition coefficient (Wildman–Crippen LogP) is 3.94. The molecule has 0 bridgehead atoms. The van der Waals surface area contributed by atoms with Gasteiger partial charge in [0, 0.05) is 62.2 Å². The molecule has 3 heterocycles. The average molecular weight is 543 g/mol. The van der Waals surface area contributed by atoms with E-state index in [0.29, 0.717) is 42.1 Å². The van der Waals surface area contributed by atoms with Crippen LogP contribution in [-0.2, 0) is 16.1 Å². The fourth-order valence-corrected chi connectivity index (χ4v) is 4.67. The summed E-state index contributed by atoms with van der Waals surface area (Å²) in [5, 5.41) is 11.1. The fourth-order valence-electron chi connectivity index (χ4n) is 4.67. The van der Waals surface area contributed by atoms with Gasteiger partial charge >= 0.3 is 0 Å². The van der Waals surface area contributed by atoms with Crippen LogP contribution >= 0.6 is 0 Å². The summed E-state index contributed by atoms with van der Waals surface area (Å²) in [6, 6.07) is 15.7. The molecule has 2 N–H and O–H groups in total. The van der Waals surface area contributed by atoms with Crippen LogP contribution in [0, 0.1) is 0 Å². The van der Waals surface area contributed by atoms with Gasteiger partial charge in [-0.2, -0.15) is 10.1 Å². The van der Waals surface area contributed by atoms with E-state index in [2.05, 4.69) is 37.6 Å². The van der Waals surface area contributed by atoms with Gasteiger partial charge in [-0.3, -0.25) is 4.79 Å². The highest BCUT2D eigenvalue weighted by molar-refractivity contribution is 5.95. The van der Waals surface area contributed by atoms with Crippen molar-refractivity contribution in [2.24, 2.45) is 0 Å². The first-order valence-corrected chi connectivity index (χ1v) is 13.1. The largest absolute Gasteiger partial charge is 0.494 e. The summed E-state index contributed by atoms with van der Waals surface area (Å²) in [7, 11) is 5.68. The lowest BCUT2D eigenvalue weighted by Crippen LogP contribution is -2.36. The molecule has 0 atom stereocenters. The first kappa shape index (κ1) is 27.1. The minimum Gasteiger partial charge on any atom is -0.494 e. The van der Waals surface area contributed by atoms with E-state index in [1.807, 2.05) is 56.7 Å². The topological polar surface area (TPSA) is 110 Å². The quantitative estimate of drug-likeness (QED) is 0.325. The van der Waals surface area contributed by atoms with Crippen molar-refractivity contribution in [3.05, 3.63) is 66.5 Å². The Hall–Kier alpha value is -4.48. The van der Waals surface area contributed by atoms with E-state index >= 15 is 0 Å². The third-order valence-corrected chi connectivity index (χ3v) is 6.43. The highest BCUT2D eigenvalue weighted by Gasteiger charge is 2.20. The van der Waals surface area contributed by atoms with Gasteiger partial charge in [0.1, 0.15) is 5.75 Å². The molecule has 208 valence electrons. The lowest BCUT2D eigenvalue weighted by molar-refractivity contribution is -0.114. The van der Waals surface area contributed by atoms with Crippen LogP contribution in [0.5, 0.6) is 5.75 Å². The molecule has 2 aromatic carbocycles. The zero-order valence-electron chi connectivity index (χ0n) is 23.2. The van der Waals surface area contributed by atoms with E-state index < -0.39 is 0 Å². The number of aromatic nitrogens is 4. The number of carbonyl (C=O) groups excluding carboxylic acids is 1. The first-order valence-electron chi connectivity index (χ1n) is 13.1. The van der Waals surface area contributed by atoms with E-state index in [0.717, 1.165) is 42.1 Å². The van der Waals surface area contributed by atoms with Gasteiger partial charge in [0.2, 0.25) is 11.9 Å². The number of benzene rings is 2. The zero-order chi connectivity index (χ0) is 28.1. The van der Waals surface area contributed by atoms with Crippen molar-refractivity contribution in [1.82, 2.24) is 24.6 Å². The molecule has 0 radical (unpaired) electrons. The summed E-state index contributed by atoms with van der Waals surface area (Å²) in [5.41, 5.74) is 5.20. The van der Waals surface area contributed by atoms with Crippen LogP contribution in [-0.4, -0.2) is 78.1 Å². The first-order chi connectivity index (χ1) is 19.4. The van der Waals surface area contributed by atoms with Gasteiger partial charge in [0.05, 0.1) is 43.1 Å². The van der Waals surface area contributed by atoms with Gasteiger partial charge < -0.3 is 29.9 Å². The summed E-state index contributed by atoms with van der Waals surface area (Å²) in [4.78, 5) is 25.5. The number of methoxy groups -OCH3 is 1. The van der Waals surface area contributed by atoms with Crippen molar-refractivity contribution in [3.63, 3.8) is 0 Å². The SMILES string of the molecule is COc1cc(N2CCOCC2)c(NC(C)=O)cc1Nc1nccc(-n2cc(CN(C)C)c(-c3ccccc3)n2)n1. The molecule has 2 aromatic heterocycles. The molecule has 0 aliphatic carbocycles. The molecule has 4 aromatic rings. The molecular weight excluding hydrogens is 508 g/mol. The van der Waals surface area contributed by atoms with Gasteiger partial charge in [-0.25, -0.2) is 9.67 Å². The van der Waals surface area contributed by atoms with Gasteiger partial charge in [-0.15, -0.1) is 0 Å². The Balaban J connectivity index is 1.48. The van der Waals surface area contributed by atoms with Crippen molar-refractivity contribution in [2.75, 3.05) is 63.0 Å². The standard InChI is InChI=1S/C29H34N8O3/c1-20(38)31-23-16-24(26(39-4)17-25(23)36-12-14-40-15-13-36)32-29-30-11-10-27(33-29)37-19-22(18-35(2)3)28(34-37)21-8-6-5-7-9-21/h5-11,16-17,19H,12-15,18H2,1-4H3,(H,31,38)(H,30,32,33). The number of nitrogens with one attached hydrogen (secondary N) is 2. The van der Waals surface area contributed by atoms with Crippen LogP contribution < -0.4 is 20.3 Å². The van der Waals surface area contributed by atoms with Crippen LogP contribution in [0.25, 0.3) is 17.1 Å². The van der Waals surface area contributed by atoms with Gasteiger partial charge in [0.15, 0.2) is 5.82 Å². The van der Waals surface area contributed by atoms with Gasteiger partial charge in [-0.1, -0.05) is 30.3 Å². The van der Waals surface area contributed by atoms with Crippen molar-refractivity contribution in [2.45, 2.75) is 13.5 Å². The Morgan fingerprint density at radius 1 is 1.10 bits per heavy atom. The smallest absolute Gasteiger partial charge is 0.229 e. The highest BCUT2D eigenvalue weighted by atomic mass is 16.5. The summed E-state index contributed by atoms with van der Waals surface area (Å²) in [6.07, 6.45) is 3.69. The normalized spacial score (nSPS) is 13.4. The number of nitrogens with zero attached hydrogens (tertiary/aromatic N) is 6. The molecule has 1 aliphatic heterocycles. The number of hydrogen-bond donors (Lipinski definition) is 2.